The smallest absolute Gasteiger partial charge is 0.337 e. The molecular weight excluding hydrogens is 334 g/mol. The van der Waals surface area contributed by atoms with Crippen molar-refractivity contribution in [2.24, 2.45) is 5.92 Å². The van der Waals surface area contributed by atoms with Crippen LogP contribution in [0.15, 0.2) is 24.3 Å². The molecule has 0 radical (unpaired) electrons. The summed E-state index contributed by atoms with van der Waals surface area (Å²) in [5.41, 5.74) is 1.14. The number of likely N-dealkylation sites (N-methyl/N-ethyl adjacent to an activating group) is 1. The van der Waals surface area contributed by atoms with Crippen LogP contribution in [-0.4, -0.2) is 74.0 Å². The molecule has 7 heteroatoms. The van der Waals surface area contributed by atoms with Gasteiger partial charge in [-0.15, -0.1) is 0 Å². The van der Waals surface area contributed by atoms with Crippen LogP contribution in [0.3, 0.4) is 0 Å². The van der Waals surface area contributed by atoms with Crippen molar-refractivity contribution in [3.05, 3.63) is 29.8 Å². The van der Waals surface area contributed by atoms with Gasteiger partial charge in [-0.1, -0.05) is 6.92 Å². The summed E-state index contributed by atoms with van der Waals surface area (Å²) in [4.78, 5) is 42.5. The van der Waals surface area contributed by atoms with Gasteiger partial charge in [0.05, 0.1) is 18.6 Å². The molecule has 2 saturated heterocycles. The number of hydrogen-bond donors (Lipinski definition) is 0. The van der Waals surface area contributed by atoms with Gasteiger partial charge in [0.1, 0.15) is 0 Å². The molecule has 1 aromatic rings. The van der Waals surface area contributed by atoms with E-state index in [9.17, 15) is 14.4 Å². The van der Waals surface area contributed by atoms with Gasteiger partial charge >= 0.3 is 5.97 Å². The minimum atomic E-state index is -0.413. The number of piperazine rings is 1. The van der Waals surface area contributed by atoms with Crippen molar-refractivity contribution in [3.63, 3.8) is 0 Å². The van der Waals surface area contributed by atoms with Gasteiger partial charge in [-0.05, 0) is 30.8 Å². The van der Waals surface area contributed by atoms with Gasteiger partial charge in [-0.3, -0.25) is 9.59 Å². The lowest BCUT2D eigenvalue weighted by atomic mass is 10.1. The average molecular weight is 359 g/mol. The molecule has 0 spiro atoms. The number of ether oxygens (including phenoxy) is 1. The molecule has 7 nitrogen and oxygen atoms in total. The Morgan fingerprint density at radius 2 is 1.77 bits per heavy atom. The van der Waals surface area contributed by atoms with Crippen LogP contribution in [0.25, 0.3) is 0 Å². The Hall–Kier alpha value is -2.41. The fourth-order valence-corrected chi connectivity index (χ4v) is 3.56. The molecule has 140 valence electrons. The van der Waals surface area contributed by atoms with Crippen LogP contribution in [0, 0.1) is 5.92 Å². The molecule has 2 fully saturated rings. The Morgan fingerprint density at radius 3 is 2.35 bits per heavy atom. The third-order valence-corrected chi connectivity index (χ3v) is 5.21. The molecule has 0 aromatic heterocycles. The minimum Gasteiger partial charge on any atom is -0.465 e. The molecule has 2 aliphatic heterocycles. The van der Waals surface area contributed by atoms with Gasteiger partial charge in [-0.2, -0.15) is 0 Å². The summed E-state index contributed by atoms with van der Waals surface area (Å²) < 4.78 is 4.68. The largest absolute Gasteiger partial charge is 0.465 e. The molecule has 2 heterocycles. The molecular formula is C19H25N3O4. The monoisotopic (exact) mass is 359 g/mol. The Kier molecular flexibility index (Phi) is 5.56. The second kappa shape index (κ2) is 7.86. The van der Waals surface area contributed by atoms with Gasteiger partial charge in [0, 0.05) is 44.8 Å². The Bertz CT molecular complexity index is 681. The summed E-state index contributed by atoms with van der Waals surface area (Å²) in [6.45, 7) is 6.75. The lowest BCUT2D eigenvalue weighted by Gasteiger charge is -2.35. The van der Waals surface area contributed by atoms with E-state index in [0.717, 1.165) is 32.7 Å². The molecule has 0 bridgehead atoms. The number of rotatable bonds is 4. The van der Waals surface area contributed by atoms with Crippen molar-refractivity contribution in [3.8, 4) is 0 Å². The van der Waals surface area contributed by atoms with E-state index in [1.165, 1.54) is 7.11 Å². The number of carbonyl (C=O) groups is 3. The van der Waals surface area contributed by atoms with Crippen LogP contribution < -0.4 is 4.90 Å². The normalized spacial score (nSPS) is 21.2. The molecule has 2 aliphatic rings. The van der Waals surface area contributed by atoms with E-state index in [1.54, 1.807) is 29.2 Å². The van der Waals surface area contributed by atoms with Crippen molar-refractivity contribution in [1.82, 2.24) is 9.80 Å². The Morgan fingerprint density at radius 1 is 1.12 bits per heavy atom. The zero-order valence-corrected chi connectivity index (χ0v) is 15.3. The topological polar surface area (TPSA) is 70.2 Å². The van der Waals surface area contributed by atoms with E-state index in [1.807, 2.05) is 4.90 Å². The Labute approximate surface area is 153 Å². The summed E-state index contributed by atoms with van der Waals surface area (Å²) in [5, 5.41) is 0. The summed E-state index contributed by atoms with van der Waals surface area (Å²) >= 11 is 0. The number of anilines is 1. The lowest BCUT2D eigenvalue weighted by Crippen LogP contribution is -2.50. The van der Waals surface area contributed by atoms with E-state index in [0.29, 0.717) is 17.8 Å². The molecule has 1 aromatic carbocycles. The summed E-state index contributed by atoms with van der Waals surface area (Å²) in [6.07, 6.45) is 0.242. The van der Waals surface area contributed by atoms with Crippen LogP contribution in [0.5, 0.6) is 0 Å². The van der Waals surface area contributed by atoms with Gasteiger partial charge in [0.15, 0.2) is 0 Å². The first-order valence-corrected chi connectivity index (χ1v) is 9.03. The molecule has 0 aliphatic carbocycles. The van der Waals surface area contributed by atoms with Crippen LogP contribution in [0.4, 0.5) is 5.69 Å². The highest BCUT2D eigenvalue weighted by Crippen LogP contribution is 2.27. The third kappa shape index (κ3) is 3.72. The van der Waals surface area contributed by atoms with Crippen molar-refractivity contribution < 1.29 is 19.1 Å². The molecule has 26 heavy (non-hydrogen) atoms. The zero-order valence-electron chi connectivity index (χ0n) is 15.3. The summed E-state index contributed by atoms with van der Waals surface area (Å²) in [7, 11) is 1.33. The van der Waals surface area contributed by atoms with Crippen LogP contribution in [0.2, 0.25) is 0 Å². The maximum absolute atomic E-state index is 12.8. The molecule has 1 atom stereocenters. The molecule has 0 saturated carbocycles. The van der Waals surface area contributed by atoms with Crippen molar-refractivity contribution in [1.29, 1.82) is 0 Å². The van der Waals surface area contributed by atoms with Gasteiger partial charge in [0.25, 0.3) is 0 Å². The number of benzene rings is 1. The third-order valence-electron chi connectivity index (χ3n) is 5.21. The molecule has 3 rings (SSSR count). The van der Waals surface area contributed by atoms with Gasteiger partial charge in [-0.25, -0.2) is 4.79 Å². The van der Waals surface area contributed by atoms with Gasteiger partial charge in [0.2, 0.25) is 11.8 Å². The first-order valence-electron chi connectivity index (χ1n) is 9.03. The number of hydrogen-bond acceptors (Lipinski definition) is 5. The number of esters is 1. The first kappa shape index (κ1) is 18.4. The first-order chi connectivity index (χ1) is 12.5. The SMILES string of the molecule is CCN1CCN(C(=O)C2CC(=O)N(c3ccc(C(=O)OC)cc3)C2)CC1. The van der Waals surface area contributed by atoms with E-state index in [-0.39, 0.29) is 24.2 Å². The average Bonchev–Trinajstić information content (AvgIpc) is 3.08. The number of methoxy groups -OCH3 is 1. The molecule has 0 N–H and O–H groups in total. The van der Waals surface area contributed by atoms with Crippen LogP contribution in [0.1, 0.15) is 23.7 Å². The van der Waals surface area contributed by atoms with Crippen LogP contribution >= 0.6 is 0 Å². The highest BCUT2D eigenvalue weighted by atomic mass is 16.5. The Balaban J connectivity index is 1.63. The second-order valence-electron chi connectivity index (χ2n) is 6.70. The van der Waals surface area contributed by atoms with Crippen molar-refractivity contribution in [2.45, 2.75) is 13.3 Å². The zero-order chi connectivity index (χ0) is 18.7. The summed E-state index contributed by atoms with van der Waals surface area (Å²) in [6, 6.07) is 6.70. The predicted octanol–water partition coefficient (Wildman–Crippen LogP) is 0.990. The van der Waals surface area contributed by atoms with E-state index < -0.39 is 5.97 Å². The molecule has 1 unspecified atom stereocenters. The molecule has 2 amide bonds. The van der Waals surface area contributed by atoms with Crippen LogP contribution in [-0.2, 0) is 14.3 Å². The quantitative estimate of drug-likeness (QED) is 0.750. The standard InChI is InChI=1S/C19H25N3O4/c1-3-20-8-10-21(11-9-20)18(24)15-12-17(23)22(13-15)16-6-4-14(5-7-16)19(25)26-2/h4-7,15H,3,8-13H2,1-2H3. The fourth-order valence-electron chi connectivity index (χ4n) is 3.56. The number of amides is 2. The van der Waals surface area contributed by atoms with Crippen molar-refractivity contribution in [2.75, 3.05) is 51.3 Å². The van der Waals surface area contributed by atoms with E-state index >= 15 is 0 Å². The summed E-state index contributed by atoms with van der Waals surface area (Å²) in [5.74, 6) is -0.691. The van der Waals surface area contributed by atoms with Crippen molar-refractivity contribution >= 4 is 23.5 Å². The minimum absolute atomic E-state index is 0.0543. The van der Waals surface area contributed by atoms with E-state index in [2.05, 4.69) is 16.6 Å². The maximum atomic E-state index is 12.8. The second-order valence-corrected chi connectivity index (χ2v) is 6.70. The van der Waals surface area contributed by atoms with E-state index in [4.69, 9.17) is 0 Å². The number of carbonyl (C=O) groups excluding carboxylic acids is 3. The fraction of sp³-hybridized carbons (Fsp3) is 0.526. The lowest BCUT2D eigenvalue weighted by molar-refractivity contribution is -0.137. The highest BCUT2D eigenvalue weighted by Gasteiger charge is 2.37. The van der Waals surface area contributed by atoms with Gasteiger partial charge < -0.3 is 19.4 Å². The highest BCUT2D eigenvalue weighted by molar-refractivity contribution is 6.00. The predicted molar refractivity (Wildman–Crippen MR) is 96.9 cm³/mol. The number of nitrogens with zero attached hydrogens (tertiary/aromatic N) is 3. The maximum Gasteiger partial charge on any atom is 0.337 e.